The van der Waals surface area contributed by atoms with Crippen LogP contribution in [0.2, 0.25) is 0 Å². The summed E-state index contributed by atoms with van der Waals surface area (Å²) in [5, 5.41) is 6.97. The first-order valence-corrected chi connectivity index (χ1v) is 12.1. The van der Waals surface area contributed by atoms with Crippen molar-refractivity contribution in [2.24, 2.45) is 0 Å². The molecule has 1 aromatic carbocycles. The number of aromatic nitrogens is 1. The van der Waals surface area contributed by atoms with Crippen LogP contribution in [0.5, 0.6) is 11.5 Å². The van der Waals surface area contributed by atoms with Crippen LogP contribution in [0.1, 0.15) is 34.1 Å². The van der Waals surface area contributed by atoms with Crippen LogP contribution in [-0.2, 0) is 26.1 Å². The largest absolute Gasteiger partial charge is 0.496 e. The number of nitrogens with one attached hydrogen (secondary N) is 1. The molecular weight excluding hydrogens is 438 g/mol. The number of carbonyl (C=O) groups excluding carboxylic acids is 1. The fourth-order valence-corrected chi connectivity index (χ4v) is 4.81. The summed E-state index contributed by atoms with van der Waals surface area (Å²) >= 11 is 1.59. The molecule has 0 radical (unpaired) electrons. The number of thiophene rings is 1. The summed E-state index contributed by atoms with van der Waals surface area (Å²) in [5.74, 6) is 0.970. The molecular formula is C25H29N3O4S. The molecule has 174 valence electrons. The van der Waals surface area contributed by atoms with Crippen molar-refractivity contribution in [1.82, 2.24) is 14.8 Å². The molecule has 0 saturated heterocycles. The lowest BCUT2D eigenvalue weighted by atomic mass is 10.1. The van der Waals surface area contributed by atoms with E-state index in [4.69, 9.17) is 9.47 Å². The summed E-state index contributed by atoms with van der Waals surface area (Å²) in [7, 11) is 1.50. The van der Waals surface area contributed by atoms with E-state index in [1.54, 1.807) is 15.9 Å². The number of amides is 1. The Morgan fingerprint density at radius 2 is 1.94 bits per heavy atom. The summed E-state index contributed by atoms with van der Waals surface area (Å²) in [6.45, 7) is 5.81. The Labute approximate surface area is 197 Å². The van der Waals surface area contributed by atoms with E-state index in [0.717, 1.165) is 36.6 Å². The van der Waals surface area contributed by atoms with Gasteiger partial charge in [-0.2, -0.15) is 11.3 Å². The van der Waals surface area contributed by atoms with Crippen LogP contribution < -0.4 is 20.3 Å². The number of ether oxygens (including phenoxy) is 2. The number of fused-ring (bicyclic) bond motifs is 1. The topological polar surface area (TPSA) is 72.8 Å². The van der Waals surface area contributed by atoms with Gasteiger partial charge in [0.25, 0.3) is 11.5 Å². The van der Waals surface area contributed by atoms with Crippen molar-refractivity contribution in [2.75, 3.05) is 26.8 Å². The molecule has 4 rings (SSSR count). The minimum absolute atomic E-state index is 0.140. The van der Waals surface area contributed by atoms with Crippen molar-refractivity contribution in [2.45, 2.75) is 33.0 Å². The second-order valence-corrected chi connectivity index (χ2v) is 8.72. The molecule has 33 heavy (non-hydrogen) atoms. The second-order valence-electron chi connectivity index (χ2n) is 7.94. The normalized spacial score (nSPS) is 13.8. The zero-order valence-corrected chi connectivity index (χ0v) is 19.8. The fraction of sp³-hybridized carbons (Fsp3) is 0.360. The van der Waals surface area contributed by atoms with Gasteiger partial charge >= 0.3 is 0 Å². The van der Waals surface area contributed by atoms with E-state index in [1.807, 2.05) is 35.9 Å². The predicted octanol–water partition coefficient (Wildman–Crippen LogP) is 3.31. The van der Waals surface area contributed by atoms with Gasteiger partial charge in [0.05, 0.1) is 13.7 Å². The number of benzene rings is 1. The molecule has 3 heterocycles. The highest BCUT2D eigenvalue weighted by atomic mass is 32.1. The van der Waals surface area contributed by atoms with Crippen molar-refractivity contribution >= 4 is 17.2 Å². The number of methoxy groups -OCH3 is 1. The SMILES string of the molecule is CCOc1ccc(CN2CCc3c(C(=O)NCc4ccsc4)c(OC)cc(=O)n3CC2)cc1. The number of carbonyl (C=O) groups is 1. The Morgan fingerprint density at radius 3 is 2.64 bits per heavy atom. The lowest BCUT2D eigenvalue weighted by molar-refractivity contribution is 0.0945. The number of pyridine rings is 1. The van der Waals surface area contributed by atoms with E-state index in [-0.39, 0.29) is 11.5 Å². The molecule has 0 spiro atoms. The molecule has 0 fully saturated rings. The van der Waals surface area contributed by atoms with Crippen LogP contribution >= 0.6 is 11.3 Å². The predicted molar refractivity (Wildman–Crippen MR) is 129 cm³/mol. The van der Waals surface area contributed by atoms with Gasteiger partial charge in [0.2, 0.25) is 0 Å². The molecule has 1 N–H and O–H groups in total. The third-order valence-corrected chi connectivity index (χ3v) is 6.54. The smallest absolute Gasteiger partial charge is 0.257 e. The molecule has 1 amide bonds. The zero-order chi connectivity index (χ0) is 23.2. The summed E-state index contributed by atoms with van der Waals surface area (Å²) in [6.07, 6.45) is 0.588. The monoisotopic (exact) mass is 467 g/mol. The molecule has 1 aliphatic heterocycles. The summed E-state index contributed by atoms with van der Waals surface area (Å²) in [6, 6.07) is 11.5. The number of nitrogens with zero attached hydrogens (tertiary/aromatic N) is 2. The number of rotatable bonds is 8. The zero-order valence-electron chi connectivity index (χ0n) is 19.0. The molecule has 1 aliphatic rings. The van der Waals surface area contributed by atoms with Crippen LogP contribution in [0, 0.1) is 0 Å². The summed E-state index contributed by atoms with van der Waals surface area (Å²) in [5.41, 5.74) is 3.28. The van der Waals surface area contributed by atoms with Crippen molar-refractivity contribution in [3.05, 3.63) is 79.9 Å². The minimum Gasteiger partial charge on any atom is -0.496 e. The average molecular weight is 468 g/mol. The van der Waals surface area contributed by atoms with Gasteiger partial charge in [-0.15, -0.1) is 0 Å². The molecule has 3 aromatic rings. The molecule has 7 nitrogen and oxygen atoms in total. The molecule has 0 bridgehead atoms. The highest BCUT2D eigenvalue weighted by molar-refractivity contribution is 7.07. The highest BCUT2D eigenvalue weighted by Crippen LogP contribution is 2.24. The van der Waals surface area contributed by atoms with Gasteiger partial charge < -0.3 is 19.4 Å². The Balaban J connectivity index is 1.52. The van der Waals surface area contributed by atoms with Crippen molar-refractivity contribution in [1.29, 1.82) is 0 Å². The number of hydrogen-bond donors (Lipinski definition) is 1. The van der Waals surface area contributed by atoms with Crippen LogP contribution in [0.25, 0.3) is 0 Å². The van der Waals surface area contributed by atoms with Crippen molar-refractivity contribution in [3.63, 3.8) is 0 Å². The van der Waals surface area contributed by atoms with E-state index < -0.39 is 0 Å². The first-order chi connectivity index (χ1) is 16.1. The van der Waals surface area contributed by atoms with E-state index in [9.17, 15) is 9.59 Å². The standard InChI is InChI=1S/C25H29N3O4S/c1-3-32-20-6-4-18(5-7-20)16-27-10-8-21-24(25(30)26-15-19-9-13-33-17-19)22(31-2)14-23(29)28(21)12-11-27/h4-7,9,13-14,17H,3,8,10-12,15-16H2,1-2H3,(H,26,30). The lowest BCUT2D eigenvalue weighted by Crippen LogP contribution is -2.31. The molecule has 0 saturated carbocycles. The third kappa shape index (κ3) is 5.46. The van der Waals surface area contributed by atoms with Crippen LogP contribution in [0.3, 0.4) is 0 Å². The van der Waals surface area contributed by atoms with Gasteiger partial charge in [-0.3, -0.25) is 14.5 Å². The van der Waals surface area contributed by atoms with Gasteiger partial charge in [0.15, 0.2) is 0 Å². The van der Waals surface area contributed by atoms with Gasteiger partial charge in [-0.25, -0.2) is 0 Å². The van der Waals surface area contributed by atoms with E-state index in [0.29, 0.717) is 37.4 Å². The molecule has 8 heteroatoms. The molecule has 0 atom stereocenters. The first kappa shape index (κ1) is 23.1. The maximum atomic E-state index is 13.1. The number of hydrogen-bond acceptors (Lipinski definition) is 6. The second kappa shape index (κ2) is 10.7. The Hall–Kier alpha value is -3.10. The fourth-order valence-electron chi connectivity index (χ4n) is 4.14. The average Bonchev–Trinajstić information content (AvgIpc) is 3.26. The van der Waals surface area contributed by atoms with Gasteiger partial charge in [0, 0.05) is 50.9 Å². The van der Waals surface area contributed by atoms with Gasteiger partial charge in [-0.1, -0.05) is 12.1 Å². The molecule has 0 unspecified atom stereocenters. The van der Waals surface area contributed by atoms with E-state index in [1.165, 1.54) is 18.7 Å². The third-order valence-electron chi connectivity index (χ3n) is 5.81. The summed E-state index contributed by atoms with van der Waals surface area (Å²) in [4.78, 5) is 28.3. The van der Waals surface area contributed by atoms with Gasteiger partial charge in [-0.05, 0) is 47.0 Å². The highest BCUT2D eigenvalue weighted by Gasteiger charge is 2.25. The maximum absolute atomic E-state index is 13.1. The van der Waals surface area contributed by atoms with Gasteiger partial charge in [0.1, 0.15) is 17.1 Å². The van der Waals surface area contributed by atoms with Crippen LogP contribution in [0.4, 0.5) is 0 Å². The quantitative estimate of drug-likeness (QED) is 0.550. The first-order valence-electron chi connectivity index (χ1n) is 11.1. The Bertz CT molecular complexity index is 1140. The Morgan fingerprint density at radius 1 is 1.12 bits per heavy atom. The summed E-state index contributed by atoms with van der Waals surface area (Å²) < 4.78 is 12.7. The van der Waals surface area contributed by atoms with Crippen molar-refractivity contribution in [3.8, 4) is 11.5 Å². The maximum Gasteiger partial charge on any atom is 0.257 e. The lowest BCUT2D eigenvalue weighted by Gasteiger charge is -2.19. The molecule has 0 aliphatic carbocycles. The molecule has 2 aromatic heterocycles. The minimum atomic E-state index is -0.221. The Kier molecular flexibility index (Phi) is 7.47. The van der Waals surface area contributed by atoms with Crippen LogP contribution in [-0.4, -0.2) is 42.2 Å². The van der Waals surface area contributed by atoms with E-state index in [2.05, 4.69) is 22.3 Å². The van der Waals surface area contributed by atoms with Crippen molar-refractivity contribution < 1.29 is 14.3 Å². The van der Waals surface area contributed by atoms with Crippen LogP contribution in [0.15, 0.2) is 52.0 Å². The van der Waals surface area contributed by atoms with E-state index >= 15 is 0 Å².